The fourth-order valence-electron chi connectivity index (χ4n) is 5.15. The second kappa shape index (κ2) is 9.83. The van der Waals surface area contributed by atoms with Crippen LogP contribution in [0.4, 0.5) is 0 Å². The van der Waals surface area contributed by atoms with E-state index in [0.29, 0.717) is 23.8 Å². The molecule has 0 saturated carbocycles. The molecular weight excluding hydrogens is 422 g/mol. The van der Waals surface area contributed by atoms with Crippen LogP contribution in [0.3, 0.4) is 0 Å². The Labute approximate surface area is 194 Å². The van der Waals surface area contributed by atoms with Crippen LogP contribution in [-0.4, -0.2) is 48.8 Å². The molecule has 0 amide bonds. The Morgan fingerprint density at radius 1 is 1.06 bits per heavy atom. The van der Waals surface area contributed by atoms with E-state index in [1.54, 1.807) is 7.11 Å². The number of aliphatic carboxylic acids is 1. The molecule has 1 saturated heterocycles. The van der Waals surface area contributed by atoms with Gasteiger partial charge in [0.2, 0.25) is 6.79 Å². The van der Waals surface area contributed by atoms with E-state index in [1.165, 1.54) is 0 Å². The average Bonchev–Trinajstić information content (AvgIpc) is 3.44. The number of carbonyl (C=O) groups excluding carboxylic acids is 1. The lowest BCUT2D eigenvalue weighted by atomic mass is 9.82. The Bertz CT molecular complexity index is 1000. The van der Waals surface area contributed by atoms with Crippen LogP contribution < -0.4 is 14.2 Å². The summed E-state index contributed by atoms with van der Waals surface area (Å²) >= 11 is 0. The van der Waals surface area contributed by atoms with Crippen LogP contribution in [0.5, 0.6) is 17.2 Å². The minimum absolute atomic E-state index is 0.0191. The first-order valence-corrected chi connectivity index (χ1v) is 11.5. The van der Waals surface area contributed by atoms with Crippen LogP contribution in [0.1, 0.15) is 49.8 Å². The standard InChI is InChI=1S/C26H31NO6/c1-4-16(5-2)21(28)14-27-13-20(18-8-11-22-23(12-18)33-15-32-22)24(26(29)30)25(27)17-6-9-19(31-3)10-7-17/h6-12,16,20,24-25H,4-5,13-15H2,1-3H3,(H,29,30)/t20-,24+,25-/m1/s1. The van der Waals surface area contributed by atoms with Crippen molar-refractivity contribution in [1.29, 1.82) is 0 Å². The molecule has 3 atom stereocenters. The largest absolute Gasteiger partial charge is 0.497 e. The number of likely N-dealkylation sites (tertiary alicyclic amines) is 1. The first-order chi connectivity index (χ1) is 16.0. The Morgan fingerprint density at radius 2 is 1.73 bits per heavy atom. The number of ketones is 1. The lowest BCUT2D eigenvalue weighted by Crippen LogP contribution is -2.35. The number of carboxylic acid groups (broad SMARTS) is 1. The number of ether oxygens (including phenoxy) is 3. The number of carboxylic acids is 1. The van der Waals surface area contributed by atoms with Crippen LogP contribution >= 0.6 is 0 Å². The highest BCUT2D eigenvalue weighted by Crippen LogP contribution is 2.47. The van der Waals surface area contributed by atoms with Crippen LogP contribution in [0.2, 0.25) is 0 Å². The van der Waals surface area contributed by atoms with E-state index in [9.17, 15) is 14.7 Å². The number of benzene rings is 2. The van der Waals surface area contributed by atoms with Crippen molar-refractivity contribution in [3.63, 3.8) is 0 Å². The molecule has 2 aliphatic heterocycles. The molecule has 0 aliphatic carbocycles. The first kappa shape index (κ1) is 23.1. The van der Waals surface area contributed by atoms with Crippen molar-refractivity contribution in [3.8, 4) is 17.2 Å². The molecule has 7 heteroatoms. The van der Waals surface area contributed by atoms with Gasteiger partial charge in [-0.15, -0.1) is 0 Å². The van der Waals surface area contributed by atoms with E-state index in [0.717, 1.165) is 24.0 Å². The molecule has 2 aliphatic rings. The summed E-state index contributed by atoms with van der Waals surface area (Å²) in [7, 11) is 1.60. The average molecular weight is 454 g/mol. The molecule has 33 heavy (non-hydrogen) atoms. The SMILES string of the molecule is CCC(CC)C(=O)CN1C[C@H](c2ccc3c(c2)OCO3)[C@H](C(=O)O)[C@H]1c1ccc(OC)cc1. The van der Waals surface area contributed by atoms with Gasteiger partial charge in [0.1, 0.15) is 11.5 Å². The molecule has 1 fully saturated rings. The maximum absolute atomic E-state index is 13.1. The Hall–Kier alpha value is -3.06. The van der Waals surface area contributed by atoms with E-state index < -0.39 is 17.9 Å². The van der Waals surface area contributed by atoms with Gasteiger partial charge < -0.3 is 19.3 Å². The van der Waals surface area contributed by atoms with Gasteiger partial charge in [0.05, 0.1) is 19.6 Å². The van der Waals surface area contributed by atoms with E-state index in [2.05, 4.69) is 0 Å². The molecule has 2 heterocycles. The molecule has 0 spiro atoms. The van der Waals surface area contributed by atoms with E-state index in [4.69, 9.17) is 14.2 Å². The quantitative estimate of drug-likeness (QED) is 0.607. The Balaban J connectivity index is 1.72. The number of rotatable bonds is 9. The molecular formula is C26H31NO6. The topological polar surface area (TPSA) is 85.3 Å². The zero-order valence-corrected chi connectivity index (χ0v) is 19.3. The summed E-state index contributed by atoms with van der Waals surface area (Å²) in [5, 5.41) is 10.3. The summed E-state index contributed by atoms with van der Waals surface area (Å²) in [5.41, 5.74) is 1.74. The smallest absolute Gasteiger partial charge is 0.309 e. The summed E-state index contributed by atoms with van der Waals surface area (Å²) in [6.45, 7) is 4.91. The fraction of sp³-hybridized carbons (Fsp3) is 0.462. The van der Waals surface area contributed by atoms with Gasteiger partial charge in [-0.05, 0) is 48.2 Å². The van der Waals surface area contributed by atoms with E-state index >= 15 is 0 Å². The van der Waals surface area contributed by atoms with Crippen molar-refractivity contribution in [1.82, 2.24) is 4.90 Å². The van der Waals surface area contributed by atoms with E-state index in [1.807, 2.05) is 61.2 Å². The van der Waals surface area contributed by atoms with Gasteiger partial charge in [-0.2, -0.15) is 0 Å². The molecule has 2 aromatic carbocycles. The van der Waals surface area contributed by atoms with Gasteiger partial charge in [0.25, 0.3) is 0 Å². The summed E-state index contributed by atoms with van der Waals surface area (Å²) < 4.78 is 16.2. The summed E-state index contributed by atoms with van der Waals surface area (Å²) in [6, 6.07) is 12.7. The van der Waals surface area contributed by atoms with Crippen LogP contribution in [0.15, 0.2) is 42.5 Å². The third-order valence-corrected chi connectivity index (χ3v) is 6.97. The molecule has 0 bridgehead atoms. The number of hydrogen-bond acceptors (Lipinski definition) is 6. The Kier molecular flexibility index (Phi) is 6.88. The second-order valence-corrected chi connectivity index (χ2v) is 8.71. The van der Waals surface area contributed by atoms with Crippen molar-refractivity contribution >= 4 is 11.8 Å². The number of fused-ring (bicyclic) bond motifs is 1. The maximum Gasteiger partial charge on any atom is 0.309 e. The second-order valence-electron chi connectivity index (χ2n) is 8.71. The van der Waals surface area contributed by atoms with Crippen molar-refractivity contribution in [2.24, 2.45) is 11.8 Å². The van der Waals surface area contributed by atoms with Gasteiger partial charge in [-0.3, -0.25) is 14.5 Å². The minimum Gasteiger partial charge on any atom is -0.497 e. The monoisotopic (exact) mass is 453 g/mol. The van der Waals surface area contributed by atoms with Crippen molar-refractivity contribution < 1.29 is 28.9 Å². The summed E-state index contributed by atoms with van der Waals surface area (Å²) in [6.07, 6.45) is 1.56. The number of Topliss-reactive ketones (excluding diaryl/α,β-unsaturated/α-hetero) is 1. The molecule has 4 rings (SSSR count). The number of hydrogen-bond donors (Lipinski definition) is 1. The van der Waals surface area contributed by atoms with Gasteiger partial charge in [0.15, 0.2) is 11.5 Å². The predicted octanol–water partition coefficient (Wildman–Crippen LogP) is 4.27. The fourth-order valence-corrected chi connectivity index (χ4v) is 5.15. The summed E-state index contributed by atoms with van der Waals surface area (Å²) in [5.74, 6) is 0.252. The summed E-state index contributed by atoms with van der Waals surface area (Å²) in [4.78, 5) is 27.7. The number of nitrogens with zero attached hydrogens (tertiary/aromatic N) is 1. The molecule has 0 unspecified atom stereocenters. The van der Waals surface area contributed by atoms with Crippen LogP contribution in [0.25, 0.3) is 0 Å². The van der Waals surface area contributed by atoms with Gasteiger partial charge >= 0.3 is 5.97 Å². The number of methoxy groups -OCH3 is 1. The molecule has 0 radical (unpaired) electrons. The zero-order valence-electron chi connectivity index (χ0n) is 19.3. The zero-order chi connectivity index (χ0) is 23.5. The molecule has 2 aromatic rings. The van der Waals surface area contributed by atoms with E-state index in [-0.39, 0.29) is 31.0 Å². The van der Waals surface area contributed by atoms with Gasteiger partial charge in [0, 0.05) is 24.4 Å². The number of carbonyl (C=O) groups is 2. The first-order valence-electron chi connectivity index (χ1n) is 11.5. The highest BCUT2D eigenvalue weighted by molar-refractivity contribution is 5.83. The lowest BCUT2D eigenvalue weighted by Gasteiger charge is -2.28. The molecule has 0 aromatic heterocycles. The van der Waals surface area contributed by atoms with Gasteiger partial charge in [-0.25, -0.2) is 0 Å². The third kappa shape index (κ3) is 4.55. The lowest BCUT2D eigenvalue weighted by molar-refractivity contribution is -0.143. The normalized spacial score (nSPS) is 22.0. The van der Waals surface area contributed by atoms with Crippen LogP contribution in [0, 0.1) is 11.8 Å². The Morgan fingerprint density at radius 3 is 2.36 bits per heavy atom. The predicted molar refractivity (Wildman–Crippen MR) is 123 cm³/mol. The molecule has 176 valence electrons. The molecule has 1 N–H and O–H groups in total. The maximum atomic E-state index is 13.1. The van der Waals surface area contributed by atoms with Gasteiger partial charge in [-0.1, -0.05) is 32.0 Å². The van der Waals surface area contributed by atoms with Crippen LogP contribution in [-0.2, 0) is 9.59 Å². The highest BCUT2D eigenvalue weighted by Gasteiger charge is 2.48. The van der Waals surface area contributed by atoms with Crippen molar-refractivity contribution in [3.05, 3.63) is 53.6 Å². The minimum atomic E-state index is -0.879. The third-order valence-electron chi connectivity index (χ3n) is 6.97. The highest BCUT2D eigenvalue weighted by atomic mass is 16.7. The van der Waals surface area contributed by atoms with Crippen molar-refractivity contribution in [2.75, 3.05) is 27.0 Å². The van der Waals surface area contributed by atoms with Crippen molar-refractivity contribution in [2.45, 2.75) is 38.6 Å². The molecule has 7 nitrogen and oxygen atoms in total.